The first-order valence-corrected chi connectivity index (χ1v) is 7.06. The molecule has 0 aliphatic rings. The number of hydrogen-bond donors (Lipinski definition) is 0. The maximum absolute atomic E-state index is 11.6. The van der Waals surface area contributed by atoms with Crippen LogP contribution in [0.1, 0.15) is 17.3 Å². The third kappa shape index (κ3) is 6.35. The summed E-state index contributed by atoms with van der Waals surface area (Å²) in [6, 6.07) is 8.52. The van der Waals surface area contributed by atoms with E-state index in [0.29, 0.717) is 16.6 Å². The molecule has 0 spiro atoms. The lowest BCUT2D eigenvalue weighted by Crippen LogP contribution is -2.16. The summed E-state index contributed by atoms with van der Waals surface area (Å²) < 4.78 is 10.2. The predicted octanol–water partition coefficient (Wildman–Crippen LogP) is 2.47. The second-order valence-corrected chi connectivity index (χ2v) is 5.03. The molecule has 0 aliphatic carbocycles. The molecule has 0 heterocycles. The molecule has 1 rings (SSSR count). The number of thioether (sulfide) groups is 1. The Balaban J connectivity index is 2.27. The monoisotopic (exact) mass is 298 g/mol. The third-order valence-electron chi connectivity index (χ3n) is 1.99. The summed E-state index contributed by atoms with van der Waals surface area (Å²) in [5, 5.41) is 0. The number of benzene rings is 1. The minimum absolute atomic E-state index is 0.140. The lowest BCUT2D eigenvalue weighted by Gasteiger charge is -2.05. The lowest BCUT2D eigenvalue weighted by molar-refractivity contribution is -0.119. The maximum Gasteiger partial charge on any atom is 0.338 e. The van der Waals surface area contributed by atoms with Gasteiger partial charge in [-0.25, -0.2) is 4.79 Å². The van der Waals surface area contributed by atoms with Crippen LogP contribution in [0.15, 0.2) is 30.3 Å². The van der Waals surface area contributed by atoms with Crippen LogP contribution in [0, 0.1) is 0 Å². The molecule has 0 amide bonds. The van der Waals surface area contributed by atoms with Crippen LogP contribution in [0.5, 0.6) is 0 Å². The van der Waals surface area contributed by atoms with Crippen LogP contribution >= 0.6 is 24.0 Å². The fourth-order valence-electron chi connectivity index (χ4n) is 1.14. The predicted molar refractivity (Wildman–Crippen MR) is 78.4 cm³/mol. The zero-order valence-electron chi connectivity index (χ0n) is 10.5. The van der Waals surface area contributed by atoms with Crippen molar-refractivity contribution in [3.05, 3.63) is 35.9 Å². The second kappa shape index (κ2) is 8.66. The van der Waals surface area contributed by atoms with Gasteiger partial charge in [0.1, 0.15) is 0 Å². The molecule has 0 aromatic heterocycles. The van der Waals surface area contributed by atoms with Crippen LogP contribution < -0.4 is 0 Å². The molecule has 0 bridgehead atoms. The fourth-order valence-corrected chi connectivity index (χ4v) is 2.00. The average molecular weight is 298 g/mol. The van der Waals surface area contributed by atoms with Gasteiger partial charge < -0.3 is 9.47 Å². The summed E-state index contributed by atoms with van der Waals surface area (Å²) in [4.78, 5) is 23.0. The molecule has 102 valence electrons. The number of Topliss-reactive ketones (excluding diaryl/α,β-unsaturated/α-hetero) is 1. The first kappa shape index (κ1) is 15.7. The van der Waals surface area contributed by atoms with Crippen molar-refractivity contribution in [3.8, 4) is 0 Å². The van der Waals surface area contributed by atoms with Crippen LogP contribution in [0.25, 0.3) is 0 Å². The largest absolute Gasteiger partial charge is 0.479 e. The highest BCUT2D eigenvalue weighted by molar-refractivity contribution is 8.23. The van der Waals surface area contributed by atoms with Gasteiger partial charge in [0.05, 0.1) is 17.9 Å². The Hall–Kier alpha value is -1.40. The summed E-state index contributed by atoms with van der Waals surface area (Å²) >= 11 is 5.99. The minimum atomic E-state index is -0.508. The highest BCUT2D eigenvalue weighted by Crippen LogP contribution is 2.06. The quantitative estimate of drug-likeness (QED) is 0.594. The highest BCUT2D eigenvalue weighted by atomic mass is 32.2. The van der Waals surface area contributed by atoms with E-state index in [0.717, 1.165) is 11.8 Å². The molecule has 0 saturated carbocycles. The van der Waals surface area contributed by atoms with E-state index in [2.05, 4.69) is 0 Å². The van der Waals surface area contributed by atoms with E-state index in [1.54, 1.807) is 30.3 Å². The molecule has 19 heavy (non-hydrogen) atoms. The van der Waals surface area contributed by atoms with Crippen molar-refractivity contribution in [3.63, 3.8) is 0 Å². The molecule has 1 aromatic carbocycles. The van der Waals surface area contributed by atoms with Crippen molar-refractivity contribution in [2.45, 2.75) is 6.92 Å². The first-order valence-electron chi connectivity index (χ1n) is 5.67. The van der Waals surface area contributed by atoms with Gasteiger partial charge in [0, 0.05) is 0 Å². The molecular weight excluding hydrogens is 284 g/mol. The SMILES string of the molecule is CCOC(=S)SCC(=O)COC(=O)c1ccccc1. The van der Waals surface area contributed by atoms with Crippen molar-refractivity contribution in [2.75, 3.05) is 19.0 Å². The Labute approximate surface area is 121 Å². The van der Waals surface area contributed by atoms with E-state index in [-0.39, 0.29) is 18.1 Å². The van der Waals surface area contributed by atoms with E-state index in [9.17, 15) is 9.59 Å². The van der Waals surface area contributed by atoms with Gasteiger partial charge in [-0.05, 0) is 31.3 Å². The number of ketones is 1. The van der Waals surface area contributed by atoms with Gasteiger partial charge in [0.2, 0.25) is 4.38 Å². The Kier molecular flexibility index (Phi) is 7.14. The van der Waals surface area contributed by atoms with Crippen LogP contribution in [0.4, 0.5) is 0 Å². The van der Waals surface area contributed by atoms with Crippen molar-refractivity contribution in [2.24, 2.45) is 0 Å². The number of carbonyl (C=O) groups excluding carboxylic acids is 2. The standard InChI is InChI=1S/C13H14O4S2/c1-2-16-13(18)19-9-11(14)8-17-12(15)10-6-4-3-5-7-10/h3-7H,2,8-9H2,1H3. The number of carbonyl (C=O) groups is 2. The average Bonchev–Trinajstić information content (AvgIpc) is 2.44. The van der Waals surface area contributed by atoms with Gasteiger partial charge >= 0.3 is 5.97 Å². The number of thiocarbonyl (C=S) groups is 1. The molecule has 0 unspecified atom stereocenters. The van der Waals surface area contributed by atoms with Crippen LogP contribution in [0.3, 0.4) is 0 Å². The molecule has 0 aliphatic heterocycles. The van der Waals surface area contributed by atoms with E-state index in [1.165, 1.54) is 0 Å². The van der Waals surface area contributed by atoms with E-state index < -0.39 is 5.97 Å². The summed E-state index contributed by atoms with van der Waals surface area (Å²) in [6.07, 6.45) is 0. The van der Waals surface area contributed by atoms with E-state index in [4.69, 9.17) is 21.7 Å². The van der Waals surface area contributed by atoms with Gasteiger partial charge in [-0.3, -0.25) is 4.79 Å². The number of ether oxygens (including phenoxy) is 2. The second-order valence-electron chi connectivity index (χ2n) is 3.45. The summed E-state index contributed by atoms with van der Waals surface area (Å²) in [5.74, 6) is -0.580. The number of esters is 1. The molecule has 0 N–H and O–H groups in total. The number of rotatable bonds is 6. The molecule has 0 atom stereocenters. The zero-order chi connectivity index (χ0) is 14.1. The Morgan fingerprint density at radius 1 is 1.21 bits per heavy atom. The van der Waals surface area contributed by atoms with Gasteiger partial charge in [-0.1, -0.05) is 30.0 Å². The third-order valence-corrected chi connectivity index (χ3v) is 3.28. The smallest absolute Gasteiger partial charge is 0.338 e. The Morgan fingerprint density at radius 2 is 1.89 bits per heavy atom. The van der Waals surface area contributed by atoms with Crippen molar-refractivity contribution >= 4 is 40.1 Å². The van der Waals surface area contributed by atoms with Gasteiger partial charge in [0.25, 0.3) is 0 Å². The maximum atomic E-state index is 11.6. The molecule has 0 saturated heterocycles. The van der Waals surface area contributed by atoms with E-state index >= 15 is 0 Å². The first-order chi connectivity index (χ1) is 9.13. The Morgan fingerprint density at radius 3 is 2.53 bits per heavy atom. The summed E-state index contributed by atoms with van der Waals surface area (Å²) in [7, 11) is 0. The van der Waals surface area contributed by atoms with Gasteiger partial charge in [0.15, 0.2) is 12.4 Å². The van der Waals surface area contributed by atoms with Crippen molar-refractivity contribution in [1.82, 2.24) is 0 Å². The molecule has 0 fully saturated rings. The molecule has 6 heteroatoms. The minimum Gasteiger partial charge on any atom is -0.479 e. The fraction of sp³-hybridized carbons (Fsp3) is 0.308. The van der Waals surface area contributed by atoms with Crippen LogP contribution in [0.2, 0.25) is 0 Å². The zero-order valence-corrected chi connectivity index (χ0v) is 12.1. The van der Waals surface area contributed by atoms with Crippen molar-refractivity contribution < 1.29 is 19.1 Å². The molecule has 4 nitrogen and oxygen atoms in total. The molecular formula is C13H14O4S2. The van der Waals surface area contributed by atoms with Crippen LogP contribution in [-0.2, 0) is 14.3 Å². The molecule has 1 aromatic rings. The van der Waals surface area contributed by atoms with Crippen LogP contribution in [-0.4, -0.2) is 35.1 Å². The summed E-state index contributed by atoms with van der Waals surface area (Å²) in [6.45, 7) is 2.04. The van der Waals surface area contributed by atoms with Gasteiger partial charge in [-0.15, -0.1) is 0 Å². The summed E-state index contributed by atoms with van der Waals surface area (Å²) in [5.41, 5.74) is 0.424. The normalized spacial score (nSPS) is 9.74. The number of hydrogen-bond acceptors (Lipinski definition) is 6. The lowest BCUT2D eigenvalue weighted by atomic mass is 10.2. The topological polar surface area (TPSA) is 52.6 Å². The van der Waals surface area contributed by atoms with E-state index in [1.807, 2.05) is 6.92 Å². The Bertz CT molecular complexity index is 445. The molecule has 0 radical (unpaired) electrons. The van der Waals surface area contributed by atoms with Gasteiger partial charge in [-0.2, -0.15) is 0 Å². The highest BCUT2D eigenvalue weighted by Gasteiger charge is 2.10. The van der Waals surface area contributed by atoms with Crippen molar-refractivity contribution in [1.29, 1.82) is 0 Å².